The van der Waals surface area contributed by atoms with Gasteiger partial charge in [0.25, 0.3) is 0 Å². The fourth-order valence-electron chi connectivity index (χ4n) is 2.75. The van der Waals surface area contributed by atoms with Gasteiger partial charge in [0.15, 0.2) is 0 Å². The molecule has 1 heterocycles. The van der Waals surface area contributed by atoms with E-state index in [0.717, 1.165) is 0 Å². The van der Waals surface area contributed by atoms with E-state index in [-0.39, 0.29) is 4.68 Å². The number of hydrogen-bond donors (Lipinski definition) is 3. The highest BCUT2D eigenvalue weighted by atomic mass is 35.5. The molecule has 5 N–H and O–H groups in total. The molecule has 0 saturated carbocycles. The standard InChI is InChI=1S/C15H12Cl2F9N5/c1-29-4-8-9(12(28,14(21,22)23)15(24,25)26)11(27)31(30-8)10-6(16)2-5(3-7(10)17)13(18,19)20/h2-3,29H,4,27-28H2,1H3. The van der Waals surface area contributed by atoms with Crippen LogP contribution in [0.25, 0.3) is 5.69 Å². The van der Waals surface area contributed by atoms with Gasteiger partial charge < -0.3 is 16.8 Å². The van der Waals surface area contributed by atoms with E-state index in [0.29, 0.717) is 12.1 Å². The topological polar surface area (TPSA) is 81.9 Å². The number of nitrogens with zero attached hydrogens (tertiary/aromatic N) is 2. The third-order valence-corrected chi connectivity index (χ3v) is 4.76. The van der Waals surface area contributed by atoms with Gasteiger partial charge in [0, 0.05) is 6.54 Å². The summed E-state index contributed by atoms with van der Waals surface area (Å²) in [6.07, 6.45) is -17.0. The van der Waals surface area contributed by atoms with Gasteiger partial charge in [0.1, 0.15) is 11.5 Å². The van der Waals surface area contributed by atoms with Crippen LogP contribution in [-0.4, -0.2) is 29.2 Å². The number of rotatable bonds is 4. The SMILES string of the molecule is CNCc1nn(-c2c(Cl)cc(C(F)(F)F)cc2Cl)c(N)c1C(N)(C(F)(F)F)C(F)(F)F. The first-order chi connectivity index (χ1) is 13.9. The smallest absolute Gasteiger partial charge is 0.383 e. The van der Waals surface area contributed by atoms with E-state index in [1.165, 1.54) is 7.05 Å². The maximum Gasteiger partial charge on any atom is 0.419 e. The molecule has 0 saturated heterocycles. The lowest BCUT2D eigenvalue weighted by atomic mass is 9.88. The first-order valence-electron chi connectivity index (χ1n) is 7.89. The molecule has 0 spiro atoms. The molecule has 0 atom stereocenters. The summed E-state index contributed by atoms with van der Waals surface area (Å²) in [6.45, 7) is -0.659. The second-order valence-corrected chi connectivity index (χ2v) is 7.05. The highest BCUT2D eigenvalue weighted by Gasteiger charge is 2.71. The van der Waals surface area contributed by atoms with Crippen molar-refractivity contribution in [1.29, 1.82) is 0 Å². The van der Waals surface area contributed by atoms with Gasteiger partial charge in [-0.25, -0.2) is 4.68 Å². The average Bonchev–Trinajstić information content (AvgIpc) is 2.87. The Morgan fingerprint density at radius 2 is 1.42 bits per heavy atom. The molecule has 2 aromatic rings. The van der Waals surface area contributed by atoms with Crippen molar-refractivity contribution in [3.63, 3.8) is 0 Å². The number of benzene rings is 1. The Balaban J connectivity index is 2.90. The fraction of sp³-hybridized carbons (Fsp3) is 0.400. The van der Waals surface area contributed by atoms with Crippen LogP contribution in [-0.2, 0) is 18.3 Å². The van der Waals surface area contributed by atoms with Gasteiger partial charge in [0.05, 0.1) is 26.9 Å². The van der Waals surface area contributed by atoms with Crippen molar-refractivity contribution < 1.29 is 39.5 Å². The number of nitrogens with two attached hydrogens (primary N) is 2. The lowest BCUT2D eigenvalue weighted by Crippen LogP contribution is -2.61. The Morgan fingerprint density at radius 3 is 1.77 bits per heavy atom. The number of hydrogen-bond acceptors (Lipinski definition) is 4. The molecule has 0 aliphatic carbocycles. The summed E-state index contributed by atoms with van der Waals surface area (Å²) in [5.41, 5.74) is 0.952. The molecule has 31 heavy (non-hydrogen) atoms. The molecule has 0 aliphatic rings. The monoisotopic (exact) mass is 503 g/mol. The van der Waals surface area contributed by atoms with E-state index in [1.54, 1.807) is 0 Å². The lowest BCUT2D eigenvalue weighted by molar-refractivity contribution is -0.301. The summed E-state index contributed by atoms with van der Waals surface area (Å²) in [7, 11) is 1.19. The van der Waals surface area contributed by atoms with E-state index < -0.39 is 69.0 Å². The van der Waals surface area contributed by atoms with Gasteiger partial charge >= 0.3 is 18.5 Å². The number of nitrogens with one attached hydrogen (secondary N) is 1. The minimum absolute atomic E-state index is 0.284. The summed E-state index contributed by atoms with van der Waals surface area (Å²) in [4.78, 5) is 0. The zero-order chi connectivity index (χ0) is 24.2. The summed E-state index contributed by atoms with van der Waals surface area (Å²) in [5.74, 6) is -1.26. The molecular formula is C15H12Cl2F9N5. The summed E-state index contributed by atoms with van der Waals surface area (Å²) in [5, 5.41) is 4.33. The van der Waals surface area contributed by atoms with Crippen LogP contribution in [0, 0.1) is 0 Å². The molecule has 5 nitrogen and oxygen atoms in total. The number of aromatic nitrogens is 2. The van der Waals surface area contributed by atoms with E-state index in [1.807, 2.05) is 0 Å². The maximum absolute atomic E-state index is 13.5. The predicted octanol–water partition coefficient (Wildman–Crippen LogP) is 4.78. The average molecular weight is 504 g/mol. The number of halogens is 11. The van der Waals surface area contributed by atoms with Crippen molar-refractivity contribution in [2.75, 3.05) is 12.8 Å². The molecule has 2 rings (SSSR count). The first kappa shape index (κ1) is 25.4. The second-order valence-electron chi connectivity index (χ2n) is 6.24. The lowest BCUT2D eigenvalue weighted by Gasteiger charge is -2.34. The quantitative estimate of drug-likeness (QED) is 0.524. The molecule has 0 fully saturated rings. The highest BCUT2D eigenvalue weighted by molar-refractivity contribution is 6.38. The van der Waals surface area contributed by atoms with Crippen molar-refractivity contribution in [1.82, 2.24) is 15.1 Å². The normalized spacial score (nSPS) is 13.7. The molecule has 0 radical (unpaired) electrons. The summed E-state index contributed by atoms with van der Waals surface area (Å²) in [6, 6.07) is 0.731. The van der Waals surface area contributed by atoms with Gasteiger partial charge in [-0.3, -0.25) is 0 Å². The van der Waals surface area contributed by atoms with Gasteiger partial charge in [-0.2, -0.15) is 44.6 Å². The molecule has 0 bridgehead atoms. The van der Waals surface area contributed by atoms with Crippen molar-refractivity contribution in [2.45, 2.75) is 30.6 Å². The van der Waals surface area contributed by atoms with Crippen LogP contribution in [0.4, 0.5) is 45.3 Å². The molecule has 0 unspecified atom stereocenters. The van der Waals surface area contributed by atoms with Crippen LogP contribution in [0.5, 0.6) is 0 Å². The Bertz CT molecular complexity index is 942. The Labute approximate surface area is 178 Å². The Kier molecular flexibility index (Phi) is 6.47. The zero-order valence-corrected chi connectivity index (χ0v) is 16.6. The Hall–Kier alpha value is -1.90. The van der Waals surface area contributed by atoms with Crippen LogP contribution in [0.2, 0.25) is 10.0 Å². The molecule has 0 aliphatic heterocycles. The number of anilines is 1. The Morgan fingerprint density at radius 1 is 0.968 bits per heavy atom. The van der Waals surface area contributed by atoms with Crippen molar-refractivity contribution >= 4 is 29.0 Å². The molecule has 0 amide bonds. The molecule has 1 aromatic heterocycles. The van der Waals surface area contributed by atoms with Crippen LogP contribution in [0.1, 0.15) is 16.8 Å². The highest BCUT2D eigenvalue weighted by Crippen LogP contribution is 2.51. The number of alkyl halides is 9. The van der Waals surface area contributed by atoms with Crippen LogP contribution >= 0.6 is 23.2 Å². The minimum atomic E-state index is -6.07. The first-order valence-corrected chi connectivity index (χ1v) is 8.64. The summed E-state index contributed by atoms with van der Waals surface area (Å²) >= 11 is 11.6. The molecular weight excluding hydrogens is 492 g/mol. The van der Waals surface area contributed by atoms with E-state index in [9.17, 15) is 39.5 Å². The van der Waals surface area contributed by atoms with E-state index in [2.05, 4.69) is 10.4 Å². The summed E-state index contributed by atoms with van der Waals surface area (Å²) < 4.78 is 120. The van der Waals surface area contributed by atoms with Gasteiger partial charge in [-0.05, 0) is 19.2 Å². The van der Waals surface area contributed by atoms with Crippen molar-refractivity contribution in [3.05, 3.63) is 39.0 Å². The third-order valence-electron chi connectivity index (χ3n) is 4.18. The fourth-order valence-corrected chi connectivity index (χ4v) is 3.39. The molecule has 1 aromatic carbocycles. The second kappa shape index (κ2) is 7.90. The predicted molar refractivity (Wildman–Crippen MR) is 93.7 cm³/mol. The number of nitrogen functional groups attached to an aromatic ring is 1. The van der Waals surface area contributed by atoms with Crippen LogP contribution < -0.4 is 16.8 Å². The minimum Gasteiger partial charge on any atom is -0.383 e. The third kappa shape index (κ3) is 4.25. The van der Waals surface area contributed by atoms with E-state index >= 15 is 0 Å². The van der Waals surface area contributed by atoms with E-state index in [4.69, 9.17) is 34.7 Å². The largest absolute Gasteiger partial charge is 0.419 e. The van der Waals surface area contributed by atoms with Gasteiger partial charge in [-0.15, -0.1) is 0 Å². The van der Waals surface area contributed by atoms with Gasteiger partial charge in [-0.1, -0.05) is 23.2 Å². The van der Waals surface area contributed by atoms with Crippen molar-refractivity contribution in [2.24, 2.45) is 5.73 Å². The zero-order valence-electron chi connectivity index (χ0n) is 15.1. The van der Waals surface area contributed by atoms with Crippen LogP contribution in [0.15, 0.2) is 12.1 Å². The molecule has 174 valence electrons. The molecule has 16 heteroatoms. The van der Waals surface area contributed by atoms with Crippen molar-refractivity contribution in [3.8, 4) is 5.69 Å². The van der Waals surface area contributed by atoms with Gasteiger partial charge in [0.2, 0.25) is 5.54 Å². The van der Waals surface area contributed by atoms with Crippen LogP contribution in [0.3, 0.4) is 0 Å². The maximum atomic E-state index is 13.5.